The molecule has 3 heterocycles. The van der Waals surface area contributed by atoms with Crippen LogP contribution in [0.3, 0.4) is 0 Å². The van der Waals surface area contributed by atoms with Gasteiger partial charge in [0.15, 0.2) is 5.82 Å². The lowest BCUT2D eigenvalue weighted by molar-refractivity contribution is 0.294. The van der Waals surface area contributed by atoms with Gasteiger partial charge in [0.2, 0.25) is 0 Å². The molecule has 1 aliphatic rings. The van der Waals surface area contributed by atoms with Crippen molar-refractivity contribution in [3.05, 3.63) is 77.7 Å². The zero-order valence-electron chi connectivity index (χ0n) is 22.3. The maximum atomic E-state index is 15.3. The van der Waals surface area contributed by atoms with Gasteiger partial charge in [-0.05, 0) is 70.0 Å². The van der Waals surface area contributed by atoms with Crippen molar-refractivity contribution in [3.8, 4) is 0 Å². The SMILES string of the molecule is C=CN(Cc1cc(Nc2cc3cc(C4=C(C)/C(=C/C)NCCN=C4)c(F)cc3cn2)nn1CC)C(C)C. The van der Waals surface area contributed by atoms with Gasteiger partial charge >= 0.3 is 0 Å². The van der Waals surface area contributed by atoms with Crippen molar-refractivity contribution >= 4 is 34.2 Å². The van der Waals surface area contributed by atoms with Crippen LogP contribution in [0.25, 0.3) is 16.3 Å². The van der Waals surface area contributed by atoms with Crippen molar-refractivity contribution in [2.45, 2.75) is 53.8 Å². The fraction of sp³-hybridized carbons (Fsp3) is 0.345. The Morgan fingerprint density at radius 2 is 2.03 bits per heavy atom. The van der Waals surface area contributed by atoms with Gasteiger partial charge in [0, 0.05) is 59.8 Å². The van der Waals surface area contributed by atoms with Gasteiger partial charge in [-0.25, -0.2) is 9.37 Å². The Bertz CT molecular complexity index is 1380. The largest absolute Gasteiger partial charge is 0.383 e. The number of nitrogens with zero attached hydrogens (tertiary/aromatic N) is 5. The zero-order chi connectivity index (χ0) is 26.5. The highest BCUT2D eigenvalue weighted by molar-refractivity contribution is 6.13. The smallest absolute Gasteiger partial charge is 0.153 e. The number of fused-ring (bicyclic) bond motifs is 1. The minimum atomic E-state index is -0.296. The molecule has 1 aliphatic heterocycles. The summed E-state index contributed by atoms with van der Waals surface area (Å²) in [7, 11) is 0. The fourth-order valence-electron chi connectivity index (χ4n) is 4.51. The second-order valence-corrected chi connectivity index (χ2v) is 9.36. The van der Waals surface area contributed by atoms with Crippen molar-refractivity contribution in [2.24, 2.45) is 4.99 Å². The molecule has 0 aliphatic carbocycles. The first-order chi connectivity index (χ1) is 17.8. The van der Waals surface area contributed by atoms with Crippen molar-refractivity contribution in [1.29, 1.82) is 0 Å². The van der Waals surface area contributed by atoms with Crippen molar-refractivity contribution in [1.82, 2.24) is 25.0 Å². The molecule has 2 N–H and O–H groups in total. The number of rotatable bonds is 8. The topological polar surface area (TPSA) is 70.4 Å². The van der Waals surface area contributed by atoms with Crippen LogP contribution >= 0.6 is 0 Å². The third-order valence-corrected chi connectivity index (χ3v) is 6.63. The average molecular weight is 502 g/mol. The lowest BCUT2D eigenvalue weighted by Crippen LogP contribution is -2.25. The summed E-state index contributed by atoms with van der Waals surface area (Å²) in [5.41, 5.74) is 4.33. The summed E-state index contributed by atoms with van der Waals surface area (Å²) in [6.45, 7) is 17.1. The molecule has 194 valence electrons. The maximum Gasteiger partial charge on any atom is 0.153 e. The highest BCUT2D eigenvalue weighted by Gasteiger charge is 2.16. The Hall–Kier alpha value is -3.94. The molecule has 1 aromatic carbocycles. The Labute approximate surface area is 218 Å². The van der Waals surface area contributed by atoms with Crippen LogP contribution in [0.1, 0.15) is 45.9 Å². The molecule has 0 radical (unpaired) electrons. The maximum absolute atomic E-state index is 15.3. The van der Waals surface area contributed by atoms with Crippen LogP contribution in [0, 0.1) is 5.82 Å². The first kappa shape index (κ1) is 26.1. The number of nitrogens with one attached hydrogen (secondary N) is 2. The number of aliphatic imine (C=N–C) groups is 1. The highest BCUT2D eigenvalue weighted by Crippen LogP contribution is 2.29. The van der Waals surface area contributed by atoms with Gasteiger partial charge < -0.3 is 15.5 Å². The number of aryl methyl sites for hydroxylation is 1. The predicted molar refractivity (Wildman–Crippen MR) is 151 cm³/mol. The summed E-state index contributed by atoms with van der Waals surface area (Å²) in [5.74, 6) is 1.07. The molecule has 0 bridgehead atoms. The van der Waals surface area contributed by atoms with Crippen molar-refractivity contribution < 1.29 is 4.39 Å². The lowest BCUT2D eigenvalue weighted by Gasteiger charge is -2.24. The number of hydrogen-bond acceptors (Lipinski definition) is 6. The molecule has 8 heteroatoms. The molecule has 0 spiro atoms. The number of pyridine rings is 1. The molecule has 4 rings (SSSR count). The van der Waals surface area contributed by atoms with E-state index in [1.807, 2.05) is 49.0 Å². The van der Waals surface area contributed by atoms with Crippen LogP contribution < -0.4 is 10.6 Å². The van der Waals surface area contributed by atoms with Gasteiger partial charge in [-0.3, -0.25) is 9.67 Å². The monoisotopic (exact) mass is 501 g/mol. The van der Waals surface area contributed by atoms with Gasteiger partial charge in [-0.2, -0.15) is 5.10 Å². The van der Waals surface area contributed by atoms with E-state index in [-0.39, 0.29) is 5.82 Å². The van der Waals surface area contributed by atoms with Crippen LogP contribution in [0.5, 0.6) is 0 Å². The van der Waals surface area contributed by atoms with Crippen LogP contribution in [-0.4, -0.2) is 45.0 Å². The number of halogens is 1. The third kappa shape index (κ3) is 5.74. The standard InChI is InChI=1S/C29H36FN7/c1-7-27-20(6)25(17-31-10-11-32-27)24-12-21-14-28(33-16-22(21)13-26(24)30)34-29-15-23(37(9-3)35-29)18-36(8-2)19(4)5/h7-8,12-17,19,32H,2,9-11,18H2,1,3-6H3,(H,33,34,35)/b25-20?,27-7-,31-17?. The van der Waals surface area contributed by atoms with Crippen molar-refractivity contribution in [2.75, 3.05) is 18.4 Å². The van der Waals surface area contributed by atoms with Crippen LogP contribution in [-0.2, 0) is 13.1 Å². The molecule has 7 nitrogen and oxygen atoms in total. The van der Waals surface area contributed by atoms with E-state index in [1.54, 1.807) is 12.4 Å². The number of benzene rings is 1. The van der Waals surface area contributed by atoms with E-state index in [1.165, 1.54) is 6.07 Å². The second-order valence-electron chi connectivity index (χ2n) is 9.36. The minimum absolute atomic E-state index is 0.296. The molecule has 37 heavy (non-hydrogen) atoms. The van der Waals surface area contributed by atoms with E-state index in [0.717, 1.165) is 52.9 Å². The van der Waals surface area contributed by atoms with Gasteiger partial charge in [0.05, 0.1) is 18.8 Å². The molecule has 2 aromatic heterocycles. The number of allylic oxidation sites excluding steroid dienone is 3. The van der Waals surface area contributed by atoms with Crippen LogP contribution in [0.4, 0.5) is 16.0 Å². The number of aromatic nitrogens is 3. The molecule has 0 unspecified atom stereocenters. The van der Waals surface area contributed by atoms with Gasteiger partial charge in [0.25, 0.3) is 0 Å². The number of hydrogen-bond donors (Lipinski definition) is 2. The minimum Gasteiger partial charge on any atom is -0.383 e. The molecule has 0 amide bonds. The van der Waals surface area contributed by atoms with E-state index >= 15 is 4.39 Å². The predicted octanol–water partition coefficient (Wildman–Crippen LogP) is 6.04. The summed E-state index contributed by atoms with van der Waals surface area (Å²) >= 11 is 0. The quantitative estimate of drug-likeness (QED) is 0.394. The Morgan fingerprint density at radius 1 is 1.22 bits per heavy atom. The highest BCUT2D eigenvalue weighted by atomic mass is 19.1. The Balaban J connectivity index is 1.68. The van der Waals surface area contributed by atoms with E-state index < -0.39 is 0 Å². The fourth-order valence-corrected chi connectivity index (χ4v) is 4.51. The second kappa shape index (κ2) is 11.4. The molecule has 3 aromatic rings. The van der Waals surface area contributed by atoms with Gasteiger partial charge in [-0.15, -0.1) is 0 Å². The molecule has 0 atom stereocenters. The Morgan fingerprint density at radius 3 is 2.73 bits per heavy atom. The third-order valence-electron chi connectivity index (χ3n) is 6.63. The average Bonchev–Trinajstić information content (AvgIpc) is 3.26. The van der Waals surface area contributed by atoms with E-state index in [9.17, 15) is 0 Å². The molecule has 0 fully saturated rings. The van der Waals surface area contributed by atoms with Crippen molar-refractivity contribution in [3.63, 3.8) is 0 Å². The van der Waals surface area contributed by atoms with Crippen LogP contribution in [0.2, 0.25) is 0 Å². The molecule has 0 saturated heterocycles. The van der Waals surface area contributed by atoms with Crippen LogP contribution in [0.15, 0.2) is 65.6 Å². The first-order valence-electron chi connectivity index (χ1n) is 12.8. The first-order valence-corrected chi connectivity index (χ1v) is 12.8. The molecule has 0 saturated carbocycles. The van der Waals surface area contributed by atoms with E-state index in [2.05, 4.69) is 52.9 Å². The Kier molecular flexibility index (Phi) is 8.06. The van der Waals surface area contributed by atoms with E-state index in [4.69, 9.17) is 5.10 Å². The summed E-state index contributed by atoms with van der Waals surface area (Å²) in [5, 5.41) is 13.0. The normalized spacial score (nSPS) is 15.2. The summed E-state index contributed by atoms with van der Waals surface area (Å²) in [6, 6.07) is 7.72. The lowest BCUT2D eigenvalue weighted by atomic mass is 9.96. The summed E-state index contributed by atoms with van der Waals surface area (Å²) in [6.07, 6.45) is 7.35. The number of anilines is 2. The zero-order valence-corrected chi connectivity index (χ0v) is 22.3. The summed E-state index contributed by atoms with van der Waals surface area (Å²) in [4.78, 5) is 11.2. The molecular weight excluding hydrogens is 465 g/mol. The van der Waals surface area contributed by atoms with Gasteiger partial charge in [0.1, 0.15) is 11.6 Å². The van der Waals surface area contributed by atoms with Gasteiger partial charge in [-0.1, -0.05) is 12.7 Å². The molecular formula is C29H36FN7. The van der Waals surface area contributed by atoms with E-state index in [0.29, 0.717) is 29.8 Å². The summed E-state index contributed by atoms with van der Waals surface area (Å²) < 4.78 is 17.2.